The van der Waals surface area contributed by atoms with E-state index in [1.807, 2.05) is 0 Å². The Morgan fingerprint density at radius 2 is 0.913 bits per heavy atom. The fourth-order valence-electron chi connectivity index (χ4n) is 8.10. The third-order valence-electron chi connectivity index (χ3n) is 10.0. The number of nitrogens with zero attached hydrogens (tertiary/aromatic N) is 2. The summed E-state index contributed by atoms with van der Waals surface area (Å²) in [5.74, 6) is 0.972. The Labute approximate surface area is 267 Å². The number of para-hydroxylation sites is 2. The Morgan fingerprint density at radius 1 is 0.391 bits per heavy atom. The summed E-state index contributed by atoms with van der Waals surface area (Å²) in [7, 11) is 0. The number of hydrogen-bond donors (Lipinski definition) is 0. The van der Waals surface area contributed by atoms with Gasteiger partial charge in [0.2, 0.25) is 0 Å². The lowest BCUT2D eigenvalue weighted by atomic mass is 9.65. The van der Waals surface area contributed by atoms with Gasteiger partial charge in [-0.05, 0) is 79.9 Å². The van der Waals surface area contributed by atoms with E-state index < -0.39 is 5.41 Å². The molecule has 0 radical (unpaired) electrons. The first kappa shape index (κ1) is 25.3. The quantitative estimate of drug-likeness (QED) is 0.202. The van der Waals surface area contributed by atoms with Gasteiger partial charge in [-0.3, -0.25) is 4.57 Å². The molecule has 0 amide bonds. The third-order valence-corrected chi connectivity index (χ3v) is 10.0. The van der Waals surface area contributed by atoms with E-state index in [0.29, 0.717) is 0 Å². The zero-order valence-electron chi connectivity index (χ0n) is 25.1. The molecule has 2 heterocycles. The molecule has 1 aliphatic carbocycles. The molecule has 46 heavy (non-hydrogen) atoms. The van der Waals surface area contributed by atoms with Gasteiger partial charge >= 0.3 is 0 Å². The van der Waals surface area contributed by atoms with Crippen molar-refractivity contribution in [2.75, 3.05) is 0 Å². The Kier molecular flexibility index (Phi) is 5.24. The van der Waals surface area contributed by atoms with Gasteiger partial charge in [-0.1, -0.05) is 146 Å². The van der Waals surface area contributed by atoms with Crippen LogP contribution in [0.3, 0.4) is 0 Å². The summed E-state index contributed by atoms with van der Waals surface area (Å²) in [4.78, 5) is 5.31. The molecule has 2 heteroatoms. The fourth-order valence-corrected chi connectivity index (χ4v) is 8.10. The van der Waals surface area contributed by atoms with Gasteiger partial charge in [-0.15, -0.1) is 0 Å². The molecule has 8 aromatic rings. The maximum atomic E-state index is 5.31. The van der Waals surface area contributed by atoms with Crippen LogP contribution in [0.2, 0.25) is 0 Å². The standard InChI is InChI=1S/C44H28N2/c1-4-13-29(14-5-1)32-23-25-34-35-26-24-33(30-15-6-2-7-16-30)28-39(35)44(38(34)27-32)36-19-10-11-22-41(36)46-42-37(44)20-12-21-40(42)45-43(46)31-17-8-3-9-18-31/h1-28H. The smallest absolute Gasteiger partial charge is 0.145 e. The van der Waals surface area contributed by atoms with Gasteiger partial charge in [0, 0.05) is 5.56 Å². The average Bonchev–Trinajstić information content (AvgIpc) is 3.66. The molecular formula is C44H28N2. The first-order chi connectivity index (χ1) is 22.8. The Balaban J connectivity index is 1.37. The first-order valence-corrected chi connectivity index (χ1v) is 15.9. The van der Waals surface area contributed by atoms with Crippen LogP contribution in [-0.2, 0) is 5.41 Å². The molecule has 0 fully saturated rings. The van der Waals surface area contributed by atoms with Crippen molar-refractivity contribution < 1.29 is 0 Å². The normalized spacial score (nSPS) is 13.4. The van der Waals surface area contributed by atoms with E-state index in [0.717, 1.165) is 16.9 Å². The molecule has 0 unspecified atom stereocenters. The van der Waals surface area contributed by atoms with Crippen LogP contribution in [0, 0.1) is 0 Å². The summed E-state index contributed by atoms with van der Waals surface area (Å²) in [6, 6.07) is 61.9. The van der Waals surface area contributed by atoms with Gasteiger partial charge in [-0.2, -0.15) is 0 Å². The van der Waals surface area contributed by atoms with E-state index in [4.69, 9.17) is 4.98 Å². The second kappa shape index (κ2) is 9.50. The van der Waals surface area contributed by atoms with Gasteiger partial charge in [0.15, 0.2) is 0 Å². The summed E-state index contributed by atoms with van der Waals surface area (Å²) >= 11 is 0. The maximum Gasteiger partial charge on any atom is 0.145 e. The molecule has 7 aromatic carbocycles. The van der Waals surface area contributed by atoms with Crippen molar-refractivity contribution in [1.82, 2.24) is 9.55 Å². The predicted octanol–water partition coefficient (Wildman–Crippen LogP) is 10.7. The molecule has 0 N–H and O–H groups in total. The average molecular weight is 585 g/mol. The molecule has 10 rings (SSSR count). The molecule has 1 aliphatic heterocycles. The highest BCUT2D eigenvalue weighted by atomic mass is 15.1. The molecule has 1 spiro atoms. The highest BCUT2D eigenvalue weighted by Crippen LogP contribution is 2.61. The van der Waals surface area contributed by atoms with Gasteiger partial charge in [0.1, 0.15) is 5.82 Å². The van der Waals surface area contributed by atoms with Crippen molar-refractivity contribution >= 4 is 11.0 Å². The molecular weight excluding hydrogens is 556 g/mol. The van der Waals surface area contributed by atoms with Crippen molar-refractivity contribution in [3.63, 3.8) is 0 Å². The van der Waals surface area contributed by atoms with Crippen molar-refractivity contribution in [3.05, 3.63) is 192 Å². The second-order valence-electron chi connectivity index (χ2n) is 12.3. The zero-order valence-corrected chi connectivity index (χ0v) is 25.1. The summed E-state index contributed by atoms with van der Waals surface area (Å²) in [6.07, 6.45) is 0. The van der Waals surface area contributed by atoms with Gasteiger partial charge in [0.05, 0.1) is 22.1 Å². The number of hydrogen-bond acceptors (Lipinski definition) is 1. The number of aromatic nitrogens is 2. The van der Waals surface area contributed by atoms with Crippen LogP contribution >= 0.6 is 0 Å². The second-order valence-corrected chi connectivity index (χ2v) is 12.3. The summed E-state index contributed by atoms with van der Waals surface area (Å²) in [6.45, 7) is 0. The third kappa shape index (κ3) is 3.33. The van der Waals surface area contributed by atoms with Crippen LogP contribution in [0.5, 0.6) is 0 Å². The molecule has 0 saturated carbocycles. The lowest BCUT2D eigenvalue weighted by Crippen LogP contribution is -2.33. The highest BCUT2D eigenvalue weighted by molar-refractivity contribution is 5.98. The van der Waals surface area contributed by atoms with E-state index >= 15 is 0 Å². The largest absolute Gasteiger partial charge is 0.292 e. The minimum absolute atomic E-state index is 0.527. The number of fused-ring (bicyclic) bond motifs is 9. The van der Waals surface area contributed by atoms with E-state index in [2.05, 4.69) is 174 Å². The van der Waals surface area contributed by atoms with Crippen molar-refractivity contribution in [3.8, 4) is 50.5 Å². The van der Waals surface area contributed by atoms with Gasteiger partial charge < -0.3 is 0 Å². The van der Waals surface area contributed by atoms with Crippen molar-refractivity contribution in [2.24, 2.45) is 0 Å². The first-order valence-electron chi connectivity index (χ1n) is 15.9. The molecule has 2 nitrogen and oxygen atoms in total. The predicted molar refractivity (Wildman–Crippen MR) is 188 cm³/mol. The zero-order chi connectivity index (χ0) is 30.2. The molecule has 0 atom stereocenters. The summed E-state index contributed by atoms with van der Waals surface area (Å²) < 4.78 is 2.40. The lowest BCUT2D eigenvalue weighted by Gasteiger charge is -2.39. The Hall–Kier alpha value is -5.99. The van der Waals surface area contributed by atoms with Crippen molar-refractivity contribution in [2.45, 2.75) is 5.41 Å². The van der Waals surface area contributed by atoms with Gasteiger partial charge in [0.25, 0.3) is 0 Å². The summed E-state index contributed by atoms with van der Waals surface area (Å²) in [5.41, 5.74) is 16.6. The van der Waals surface area contributed by atoms with E-state index in [-0.39, 0.29) is 0 Å². The molecule has 1 aromatic heterocycles. The minimum atomic E-state index is -0.527. The van der Waals surface area contributed by atoms with E-state index in [1.54, 1.807) is 0 Å². The van der Waals surface area contributed by atoms with Crippen LogP contribution in [0.1, 0.15) is 22.3 Å². The van der Waals surface area contributed by atoms with Crippen LogP contribution in [0.25, 0.3) is 61.5 Å². The number of benzene rings is 7. The molecule has 0 saturated heterocycles. The highest BCUT2D eigenvalue weighted by Gasteiger charge is 2.51. The lowest BCUT2D eigenvalue weighted by molar-refractivity contribution is 0.746. The molecule has 214 valence electrons. The van der Waals surface area contributed by atoms with Crippen molar-refractivity contribution in [1.29, 1.82) is 0 Å². The Bertz CT molecular complexity index is 2370. The molecule has 0 bridgehead atoms. The molecule has 2 aliphatic rings. The van der Waals surface area contributed by atoms with Gasteiger partial charge in [-0.25, -0.2) is 4.98 Å². The number of imidazole rings is 1. The summed E-state index contributed by atoms with van der Waals surface area (Å²) in [5, 5.41) is 0. The maximum absolute atomic E-state index is 5.31. The van der Waals surface area contributed by atoms with E-state index in [9.17, 15) is 0 Å². The van der Waals surface area contributed by atoms with Crippen LogP contribution in [0.15, 0.2) is 170 Å². The SMILES string of the molecule is c1ccc(-c2ccc3c(c2)C2(c4cc(-c5ccccc5)ccc4-3)c3ccccc3-n3c(-c4ccccc4)nc4cccc2c43)cc1. The van der Waals surface area contributed by atoms with Crippen LogP contribution in [0.4, 0.5) is 0 Å². The number of rotatable bonds is 3. The topological polar surface area (TPSA) is 17.8 Å². The minimum Gasteiger partial charge on any atom is -0.292 e. The van der Waals surface area contributed by atoms with Crippen LogP contribution in [-0.4, -0.2) is 9.55 Å². The van der Waals surface area contributed by atoms with Crippen LogP contribution < -0.4 is 0 Å². The fraction of sp³-hybridized carbons (Fsp3) is 0.0227. The monoisotopic (exact) mass is 584 g/mol. The Morgan fingerprint density at radius 3 is 1.52 bits per heavy atom. The van der Waals surface area contributed by atoms with E-state index in [1.165, 1.54) is 66.8 Å².